The monoisotopic (exact) mass is 282 g/mol. The minimum Gasteiger partial charge on any atom is -0.383 e. The molecule has 6 heteroatoms. The Morgan fingerprint density at radius 2 is 1.95 bits per heavy atom. The normalized spacial score (nSPS) is 10.2. The molecule has 0 aliphatic rings. The third kappa shape index (κ3) is 5.79. The fourth-order valence-corrected chi connectivity index (χ4v) is 1.58. The molecule has 0 unspecified atom stereocenters. The summed E-state index contributed by atoms with van der Waals surface area (Å²) >= 11 is 0. The first-order valence-corrected chi connectivity index (χ1v) is 6.28. The van der Waals surface area contributed by atoms with Crippen LogP contribution < -0.4 is 5.32 Å². The number of carbonyl (C=O) groups excluding carboxylic acids is 2. The van der Waals surface area contributed by atoms with E-state index in [1.807, 2.05) is 0 Å². The first-order chi connectivity index (χ1) is 9.52. The van der Waals surface area contributed by atoms with E-state index in [0.717, 1.165) is 5.56 Å². The van der Waals surface area contributed by atoms with Crippen LogP contribution in [0, 0.1) is 5.82 Å². The summed E-state index contributed by atoms with van der Waals surface area (Å²) < 4.78 is 17.6. The van der Waals surface area contributed by atoms with Crippen molar-refractivity contribution in [3.63, 3.8) is 0 Å². The Balaban J connectivity index is 2.41. The van der Waals surface area contributed by atoms with Crippen molar-refractivity contribution in [2.24, 2.45) is 0 Å². The number of nitrogens with one attached hydrogen (secondary N) is 1. The summed E-state index contributed by atoms with van der Waals surface area (Å²) in [6, 6.07) is 5.87. The highest BCUT2D eigenvalue weighted by Gasteiger charge is 2.12. The molecule has 1 aromatic carbocycles. The largest absolute Gasteiger partial charge is 0.383 e. The highest BCUT2D eigenvalue weighted by molar-refractivity contribution is 5.83. The molecule has 0 saturated carbocycles. The predicted molar refractivity (Wildman–Crippen MR) is 72.4 cm³/mol. The van der Waals surface area contributed by atoms with Crippen molar-refractivity contribution in [3.8, 4) is 0 Å². The zero-order chi connectivity index (χ0) is 15.0. The van der Waals surface area contributed by atoms with Crippen LogP contribution in [0.15, 0.2) is 24.3 Å². The molecule has 0 aromatic heterocycles. The van der Waals surface area contributed by atoms with Crippen LogP contribution in [0.1, 0.15) is 12.5 Å². The Bertz CT molecular complexity index is 448. The molecular formula is C14H19FN2O3. The van der Waals surface area contributed by atoms with E-state index in [9.17, 15) is 14.0 Å². The summed E-state index contributed by atoms with van der Waals surface area (Å²) in [6.07, 6.45) is 0. The first-order valence-electron chi connectivity index (χ1n) is 6.28. The van der Waals surface area contributed by atoms with Crippen LogP contribution in [0.4, 0.5) is 4.39 Å². The van der Waals surface area contributed by atoms with Crippen molar-refractivity contribution in [3.05, 3.63) is 35.6 Å². The lowest BCUT2D eigenvalue weighted by Crippen LogP contribution is -2.41. The summed E-state index contributed by atoms with van der Waals surface area (Å²) in [5, 5.41) is 2.68. The second kappa shape index (κ2) is 8.27. The Kier molecular flexibility index (Phi) is 6.66. The summed E-state index contributed by atoms with van der Waals surface area (Å²) in [4.78, 5) is 24.5. The third-order valence-electron chi connectivity index (χ3n) is 2.75. The van der Waals surface area contributed by atoms with Gasteiger partial charge >= 0.3 is 0 Å². The minimum atomic E-state index is -0.317. The number of methoxy groups -OCH3 is 1. The molecule has 0 fully saturated rings. The third-order valence-corrected chi connectivity index (χ3v) is 2.75. The summed E-state index contributed by atoms with van der Waals surface area (Å²) in [5.74, 6) is -0.762. The van der Waals surface area contributed by atoms with Crippen LogP contribution in [-0.2, 0) is 20.9 Å². The van der Waals surface area contributed by atoms with E-state index < -0.39 is 0 Å². The van der Waals surface area contributed by atoms with Gasteiger partial charge in [-0.1, -0.05) is 12.1 Å². The van der Waals surface area contributed by atoms with Gasteiger partial charge in [-0.25, -0.2) is 4.39 Å². The lowest BCUT2D eigenvalue weighted by atomic mass is 10.2. The number of ether oxygens (including phenoxy) is 1. The smallest absolute Gasteiger partial charge is 0.239 e. The van der Waals surface area contributed by atoms with Crippen LogP contribution in [0.2, 0.25) is 0 Å². The van der Waals surface area contributed by atoms with Crippen molar-refractivity contribution in [2.45, 2.75) is 13.5 Å². The highest BCUT2D eigenvalue weighted by atomic mass is 19.1. The number of rotatable bonds is 7. The molecule has 0 aliphatic carbocycles. The van der Waals surface area contributed by atoms with Crippen LogP contribution in [0.25, 0.3) is 0 Å². The van der Waals surface area contributed by atoms with Gasteiger partial charge in [-0.15, -0.1) is 0 Å². The van der Waals surface area contributed by atoms with E-state index in [0.29, 0.717) is 19.7 Å². The van der Waals surface area contributed by atoms with Crippen LogP contribution >= 0.6 is 0 Å². The van der Waals surface area contributed by atoms with Crippen molar-refractivity contribution in [1.29, 1.82) is 0 Å². The summed E-state index contributed by atoms with van der Waals surface area (Å²) in [5.41, 5.74) is 0.797. The van der Waals surface area contributed by atoms with E-state index in [1.165, 1.54) is 31.1 Å². The fraction of sp³-hybridized carbons (Fsp3) is 0.429. The Hall–Kier alpha value is -1.95. The summed E-state index contributed by atoms with van der Waals surface area (Å²) in [7, 11) is 1.53. The number of amides is 2. The number of halogens is 1. The quantitative estimate of drug-likeness (QED) is 0.809. The molecule has 0 aliphatic heterocycles. The molecule has 1 aromatic rings. The van der Waals surface area contributed by atoms with E-state index >= 15 is 0 Å². The molecule has 0 radical (unpaired) electrons. The topological polar surface area (TPSA) is 58.6 Å². The second-order valence-corrected chi connectivity index (χ2v) is 4.34. The average Bonchev–Trinajstić information content (AvgIpc) is 2.42. The molecule has 110 valence electrons. The standard InChI is InChI=1S/C14H19FN2O3/c1-11(18)17(7-8-20-2)10-14(19)16-9-12-3-5-13(15)6-4-12/h3-6H,7-10H2,1-2H3,(H,16,19). The van der Waals surface area contributed by atoms with E-state index in [-0.39, 0.29) is 24.2 Å². The van der Waals surface area contributed by atoms with E-state index in [1.54, 1.807) is 12.1 Å². The van der Waals surface area contributed by atoms with E-state index in [2.05, 4.69) is 5.32 Å². The maximum Gasteiger partial charge on any atom is 0.239 e. The van der Waals surface area contributed by atoms with Gasteiger partial charge in [0.25, 0.3) is 0 Å². The molecule has 1 rings (SSSR count). The van der Waals surface area contributed by atoms with Gasteiger partial charge in [-0.3, -0.25) is 9.59 Å². The van der Waals surface area contributed by atoms with E-state index in [4.69, 9.17) is 4.74 Å². The molecule has 0 bridgehead atoms. The molecular weight excluding hydrogens is 263 g/mol. The Morgan fingerprint density at radius 1 is 1.30 bits per heavy atom. The van der Waals surface area contributed by atoms with Gasteiger partial charge in [0.05, 0.1) is 13.2 Å². The summed E-state index contributed by atoms with van der Waals surface area (Å²) in [6.45, 7) is 2.44. The maximum absolute atomic E-state index is 12.7. The number of benzene rings is 1. The van der Waals surface area contributed by atoms with Crippen molar-refractivity contribution >= 4 is 11.8 Å². The number of nitrogens with zero attached hydrogens (tertiary/aromatic N) is 1. The molecule has 0 saturated heterocycles. The number of hydrogen-bond donors (Lipinski definition) is 1. The average molecular weight is 282 g/mol. The zero-order valence-corrected chi connectivity index (χ0v) is 11.7. The van der Waals surface area contributed by atoms with Crippen LogP contribution in [-0.4, -0.2) is 43.5 Å². The van der Waals surface area contributed by atoms with Gasteiger partial charge in [0.1, 0.15) is 5.82 Å². The van der Waals surface area contributed by atoms with Gasteiger partial charge in [0.15, 0.2) is 0 Å². The Morgan fingerprint density at radius 3 is 2.50 bits per heavy atom. The lowest BCUT2D eigenvalue weighted by molar-refractivity contribution is -0.135. The molecule has 2 amide bonds. The van der Waals surface area contributed by atoms with Crippen molar-refractivity contribution < 1.29 is 18.7 Å². The van der Waals surface area contributed by atoms with Crippen molar-refractivity contribution in [1.82, 2.24) is 10.2 Å². The van der Waals surface area contributed by atoms with Crippen LogP contribution in [0.3, 0.4) is 0 Å². The second-order valence-electron chi connectivity index (χ2n) is 4.34. The maximum atomic E-state index is 12.7. The van der Waals surface area contributed by atoms with Gasteiger partial charge in [0.2, 0.25) is 11.8 Å². The predicted octanol–water partition coefficient (Wildman–Crippen LogP) is 0.937. The molecule has 0 atom stereocenters. The highest BCUT2D eigenvalue weighted by Crippen LogP contribution is 2.02. The lowest BCUT2D eigenvalue weighted by Gasteiger charge is -2.20. The molecule has 20 heavy (non-hydrogen) atoms. The fourth-order valence-electron chi connectivity index (χ4n) is 1.58. The number of hydrogen-bond acceptors (Lipinski definition) is 3. The molecule has 1 N–H and O–H groups in total. The molecule has 0 heterocycles. The van der Waals surface area contributed by atoms with Crippen molar-refractivity contribution in [2.75, 3.05) is 26.8 Å². The van der Waals surface area contributed by atoms with Gasteiger partial charge < -0.3 is 15.0 Å². The Labute approximate surface area is 117 Å². The number of carbonyl (C=O) groups is 2. The SMILES string of the molecule is COCCN(CC(=O)NCc1ccc(F)cc1)C(C)=O. The minimum absolute atomic E-state index is 0.0140. The zero-order valence-electron chi connectivity index (χ0n) is 11.7. The molecule has 5 nitrogen and oxygen atoms in total. The molecule has 0 spiro atoms. The van der Waals surface area contributed by atoms with Crippen LogP contribution in [0.5, 0.6) is 0 Å². The van der Waals surface area contributed by atoms with Gasteiger partial charge in [-0.05, 0) is 17.7 Å². The van der Waals surface area contributed by atoms with Gasteiger partial charge in [-0.2, -0.15) is 0 Å². The van der Waals surface area contributed by atoms with Gasteiger partial charge in [0, 0.05) is 27.1 Å². The first kappa shape index (κ1) is 16.1.